The number of aromatic nitrogens is 3. The molecule has 3 heterocycles. The molecule has 0 bridgehead atoms. The highest BCUT2D eigenvalue weighted by atomic mass is 16.5. The number of methoxy groups -OCH3 is 1. The Kier molecular flexibility index (Phi) is 3.62. The molecule has 2 aromatic heterocycles. The molecule has 104 valence electrons. The summed E-state index contributed by atoms with van der Waals surface area (Å²) in [6.07, 6.45) is 6.26. The van der Waals surface area contributed by atoms with Crippen molar-refractivity contribution in [2.45, 2.75) is 12.5 Å². The summed E-state index contributed by atoms with van der Waals surface area (Å²) in [5.41, 5.74) is 0. The zero-order valence-corrected chi connectivity index (χ0v) is 11.3. The van der Waals surface area contributed by atoms with Gasteiger partial charge in [-0.1, -0.05) is 0 Å². The van der Waals surface area contributed by atoms with Crippen LogP contribution in [0.15, 0.2) is 36.8 Å². The van der Waals surface area contributed by atoms with E-state index in [4.69, 9.17) is 9.47 Å². The van der Waals surface area contributed by atoms with Crippen LogP contribution in [0.1, 0.15) is 6.42 Å². The third-order valence-corrected chi connectivity index (χ3v) is 3.21. The summed E-state index contributed by atoms with van der Waals surface area (Å²) < 4.78 is 11.0. The number of anilines is 1. The van der Waals surface area contributed by atoms with Crippen molar-refractivity contribution in [1.29, 1.82) is 0 Å². The molecule has 1 aliphatic rings. The second-order valence-corrected chi connectivity index (χ2v) is 4.56. The average Bonchev–Trinajstić information content (AvgIpc) is 2.97. The minimum Gasteiger partial charge on any atom is -0.488 e. The number of ether oxygens (including phenoxy) is 2. The third kappa shape index (κ3) is 2.79. The molecule has 1 fully saturated rings. The SMILES string of the molecule is COc1ccnc(N2CC[C@@H](Oc3ccncc3)C2)n1. The monoisotopic (exact) mass is 272 g/mol. The molecule has 0 radical (unpaired) electrons. The molecular weight excluding hydrogens is 256 g/mol. The molecule has 0 spiro atoms. The van der Waals surface area contributed by atoms with E-state index in [9.17, 15) is 0 Å². The first-order valence-electron chi connectivity index (χ1n) is 6.54. The van der Waals surface area contributed by atoms with Gasteiger partial charge < -0.3 is 14.4 Å². The molecule has 0 amide bonds. The highest BCUT2D eigenvalue weighted by Gasteiger charge is 2.26. The Hall–Kier alpha value is -2.37. The zero-order valence-electron chi connectivity index (χ0n) is 11.3. The summed E-state index contributed by atoms with van der Waals surface area (Å²) >= 11 is 0. The Balaban J connectivity index is 1.64. The molecule has 0 aliphatic carbocycles. The van der Waals surface area contributed by atoms with Gasteiger partial charge in [-0.2, -0.15) is 4.98 Å². The second-order valence-electron chi connectivity index (χ2n) is 4.56. The van der Waals surface area contributed by atoms with Gasteiger partial charge in [-0.05, 0) is 12.1 Å². The fourth-order valence-electron chi connectivity index (χ4n) is 2.21. The normalized spacial score (nSPS) is 18.1. The van der Waals surface area contributed by atoms with Gasteiger partial charge in [0.25, 0.3) is 0 Å². The molecule has 20 heavy (non-hydrogen) atoms. The number of pyridine rings is 1. The molecule has 0 aromatic carbocycles. The van der Waals surface area contributed by atoms with Crippen molar-refractivity contribution in [2.24, 2.45) is 0 Å². The van der Waals surface area contributed by atoms with E-state index in [1.165, 1.54) is 0 Å². The van der Waals surface area contributed by atoms with Gasteiger partial charge in [0.15, 0.2) is 0 Å². The Bertz CT molecular complexity index is 564. The van der Waals surface area contributed by atoms with Gasteiger partial charge >= 0.3 is 0 Å². The maximum atomic E-state index is 5.92. The van der Waals surface area contributed by atoms with Gasteiger partial charge in [-0.25, -0.2) is 4.98 Å². The molecule has 1 saturated heterocycles. The molecular formula is C14H16N4O2. The number of hydrogen-bond donors (Lipinski definition) is 0. The lowest BCUT2D eigenvalue weighted by molar-refractivity contribution is 0.224. The minimum atomic E-state index is 0.146. The molecule has 1 atom stereocenters. The minimum absolute atomic E-state index is 0.146. The van der Waals surface area contributed by atoms with E-state index in [2.05, 4.69) is 19.9 Å². The van der Waals surface area contributed by atoms with Gasteiger partial charge in [0.1, 0.15) is 11.9 Å². The smallest absolute Gasteiger partial charge is 0.228 e. The Labute approximate surface area is 117 Å². The van der Waals surface area contributed by atoms with Gasteiger partial charge in [0, 0.05) is 37.6 Å². The molecule has 0 saturated carbocycles. The van der Waals surface area contributed by atoms with Gasteiger partial charge in [0.05, 0.1) is 13.7 Å². The fourth-order valence-corrected chi connectivity index (χ4v) is 2.21. The zero-order chi connectivity index (χ0) is 13.8. The van der Waals surface area contributed by atoms with Crippen LogP contribution in [0, 0.1) is 0 Å². The number of rotatable bonds is 4. The third-order valence-electron chi connectivity index (χ3n) is 3.21. The highest BCUT2D eigenvalue weighted by Crippen LogP contribution is 2.21. The van der Waals surface area contributed by atoms with E-state index in [-0.39, 0.29) is 6.10 Å². The van der Waals surface area contributed by atoms with Crippen LogP contribution in [-0.4, -0.2) is 41.3 Å². The average molecular weight is 272 g/mol. The van der Waals surface area contributed by atoms with Crippen LogP contribution in [0.4, 0.5) is 5.95 Å². The van der Waals surface area contributed by atoms with Gasteiger partial charge in [-0.15, -0.1) is 0 Å². The first-order valence-corrected chi connectivity index (χ1v) is 6.54. The first-order chi connectivity index (χ1) is 9.85. The second kappa shape index (κ2) is 5.73. The van der Waals surface area contributed by atoms with Crippen molar-refractivity contribution in [1.82, 2.24) is 15.0 Å². The molecule has 6 nitrogen and oxygen atoms in total. The first kappa shape index (κ1) is 12.7. The molecule has 6 heteroatoms. The summed E-state index contributed by atoms with van der Waals surface area (Å²) in [5.74, 6) is 2.11. The van der Waals surface area contributed by atoms with E-state index in [1.807, 2.05) is 12.1 Å². The van der Waals surface area contributed by atoms with Crippen molar-refractivity contribution in [3.63, 3.8) is 0 Å². The Morgan fingerprint density at radius 2 is 2.05 bits per heavy atom. The molecule has 0 unspecified atom stereocenters. The summed E-state index contributed by atoms with van der Waals surface area (Å²) in [6, 6.07) is 5.47. The van der Waals surface area contributed by atoms with Crippen molar-refractivity contribution >= 4 is 5.95 Å². The molecule has 0 N–H and O–H groups in total. The van der Waals surface area contributed by atoms with Crippen LogP contribution in [0.3, 0.4) is 0 Å². The summed E-state index contributed by atoms with van der Waals surface area (Å²) in [4.78, 5) is 14.7. The van der Waals surface area contributed by atoms with Crippen LogP contribution >= 0.6 is 0 Å². The van der Waals surface area contributed by atoms with E-state index < -0.39 is 0 Å². The van der Waals surface area contributed by atoms with Crippen LogP contribution in [0.5, 0.6) is 11.6 Å². The summed E-state index contributed by atoms with van der Waals surface area (Å²) in [5, 5.41) is 0. The summed E-state index contributed by atoms with van der Waals surface area (Å²) in [7, 11) is 1.60. The molecule has 3 rings (SSSR count). The van der Waals surface area contributed by atoms with E-state index in [1.54, 1.807) is 31.8 Å². The highest BCUT2D eigenvalue weighted by molar-refractivity contribution is 5.34. The maximum Gasteiger partial charge on any atom is 0.228 e. The van der Waals surface area contributed by atoms with Crippen molar-refractivity contribution < 1.29 is 9.47 Å². The predicted molar refractivity (Wildman–Crippen MR) is 74.1 cm³/mol. The topological polar surface area (TPSA) is 60.4 Å². The van der Waals surface area contributed by atoms with Crippen LogP contribution < -0.4 is 14.4 Å². The maximum absolute atomic E-state index is 5.92. The van der Waals surface area contributed by atoms with E-state index in [0.29, 0.717) is 11.8 Å². The lowest BCUT2D eigenvalue weighted by Crippen LogP contribution is -2.26. The van der Waals surface area contributed by atoms with Gasteiger partial charge in [-0.3, -0.25) is 4.98 Å². The fraction of sp³-hybridized carbons (Fsp3) is 0.357. The molecule has 2 aromatic rings. The van der Waals surface area contributed by atoms with Crippen LogP contribution in [0.2, 0.25) is 0 Å². The predicted octanol–water partition coefficient (Wildman–Crippen LogP) is 1.54. The number of nitrogens with zero attached hydrogens (tertiary/aromatic N) is 4. The van der Waals surface area contributed by atoms with Crippen molar-refractivity contribution in [2.75, 3.05) is 25.1 Å². The van der Waals surface area contributed by atoms with E-state index >= 15 is 0 Å². The largest absolute Gasteiger partial charge is 0.488 e. The Morgan fingerprint density at radius 1 is 1.20 bits per heavy atom. The Morgan fingerprint density at radius 3 is 2.85 bits per heavy atom. The molecule has 1 aliphatic heterocycles. The quantitative estimate of drug-likeness (QED) is 0.841. The standard InChI is InChI=1S/C14H16N4O2/c1-19-13-4-8-16-14(17-13)18-9-5-12(10-18)20-11-2-6-15-7-3-11/h2-4,6-8,12H,5,9-10H2,1H3/t12-/m1/s1. The number of hydrogen-bond acceptors (Lipinski definition) is 6. The van der Waals surface area contributed by atoms with E-state index in [0.717, 1.165) is 25.3 Å². The van der Waals surface area contributed by atoms with Gasteiger partial charge in [0.2, 0.25) is 11.8 Å². The van der Waals surface area contributed by atoms with Crippen molar-refractivity contribution in [3.05, 3.63) is 36.8 Å². The lowest BCUT2D eigenvalue weighted by atomic mass is 10.3. The van der Waals surface area contributed by atoms with Crippen LogP contribution in [0.25, 0.3) is 0 Å². The van der Waals surface area contributed by atoms with Crippen LogP contribution in [-0.2, 0) is 0 Å². The summed E-state index contributed by atoms with van der Waals surface area (Å²) in [6.45, 7) is 1.65. The lowest BCUT2D eigenvalue weighted by Gasteiger charge is -2.17. The van der Waals surface area contributed by atoms with Crippen molar-refractivity contribution in [3.8, 4) is 11.6 Å².